The number of benzene rings is 2. The average Bonchev–Trinajstić information content (AvgIpc) is 2.35. The Bertz CT molecular complexity index is 529. The summed E-state index contributed by atoms with van der Waals surface area (Å²) in [5.74, 6) is -0.291. The Morgan fingerprint density at radius 1 is 1.00 bits per heavy atom. The lowest BCUT2D eigenvalue weighted by atomic mass is 9.99. The topological polar surface area (TPSA) is 20.2 Å². The predicted molar refractivity (Wildman–Crippen MR) is 74.1 cm³/mol. The third kappa shape index (κ3) is 2.62. The Morgan fingerprint density at radius 3 is 2.22 bits per heavy atom. The smallest absolute Gasteiger partial charge is 0.126 e. The van der Waals surface area contributed by atoms with Gasteiger partial charge >= 0.3 is 0 Å². The summed E-state index contributed by atoms with van der Waals surface area (Å²) in [4.78, 5) is 0. The number of hydrogen-bond acceptors (Lipinski definition) is 1. The molecule has 0 aliphatic heterocycles. The monoisotopic (exact) mass is 308 g/mol. The predicted octanol–water partition coefficient (Wildman–Crippen LogP) is 4.29. The summed E-state index contributed by atoms with van der Waals surface area (Å²) in [6, 6.07) is 10.4. The van der Waals surface area contributed by atoms with E-state index in [9.17, 15) is 9.50 Å². The Kier molecular flexibility index (Phi) is 3.83. The fourth-order valence-electron chi connectivity index (χ4n) is 1.81. The molecule has 18 heavy (non-hydrogen) atoms. The lowest BCUT2D eigenvalue weighted by molar-refractivity contribution is 0.219. The molecular weight excluding hydrogens is 295 g/mol. The molecular formula is C15H14BrFO. The quantitative estimate of drug-likeness (QED) is 0.877. The van der Waals surface area contributed by atoms with Gasteiger partial charge in [0.05, 0.1) is 0 Å². The lowest BCUT2D eigenvalue weighted by Crippen LogP contribution is -2.01. The number of halogens is 2. The molecule has 1 unspecified atom stereocenters. The molecule has 1 nitrogen and oxygen atoms in total. The molecule has 1 atom stereocenters. The van der Waals surface area contributed by atoms with Gasteiger partial charge in [0.25, 0.3) is 0 Å². The molecule has 2 rings (SSSR count). The summed E-state index contributed by atoms with van der Waals surface area (Å²) in [6.45, 7) is 3.66. The number of aliphatic hydroxyl groups is 1. The van der Waals surface area contributed by atoms with E-state index in [-0.39, 0.29) is 5.82 Å². The van der Waals surface area contributed by atoms with Crippen LogP contribution in [0.3, 0.4) is 0 Å². The molecule has 0 spiro atoms. The normalized spacial score (nSPS) is 12.5. The first kappa shape index (κ1) is 13.2. The summed E-state index contributed by atoms with van der Waals surface area (Å²) in [6.07, 6.45) is -0.799. The summed E-state index contributed by atoms with van der Waals surface area (Å²) in [5, 5.41) is 10.2. The minimum absolute atomic E-state index is 0.291. The first-order chi connectivity index (χ1) is 8.49. The molecule has 0 aromatic heterocycles. The van der Waals surface area contributed by atoms with E-state index in [1.807, 2.05) is 25.1 Å². The van der Waals surface area contributed by atoms with E-state index in [1.54, 1.807) is 19.1 Å². The SMILES string of the molecule is Cc1ccc(C(O)c2ccc(Br)c(C)c2)cc1F. The van der Waals surface area contributed by atoms with Crippen molar-refractivity contribution in [3.63, 3.8) is 0 Å². The Morgan fingerprint density at radius 2 is 1.61 bits per heavy atom. The van der Waals surface area contributed by atoms with Crippen molar-refractivity contribution in [2.45, 2.75) is 20.0 Å². The van der Waals surface area contributed by atoms with Gasteiger partial charge in [0.2, 0.25) is 0 Å². The van der Waals surface area contributed by atoms with Crippen LogP contribution >= 0.6 is 15.9 Å². The van der Waals surface area contributed by atoms with Crippen molar-refractivity contribution >= 4 is 15.9 Å². The molecule has 0 bridgehead atoms. The molecule has 2 aromatic rings. The zero-order chi connectivity index (χ0) is 13.3. The average molecular weight is 309 g/mol. The van der Waals surface area contributed by atoms with Crippen LogP contribution in [-0.4, -0.2) is 5.11 Å². The van der Waals surface area contributed by atoms with Crippen LogP contribution in [-0.2, 0) is 0 Å². The highest BCUT2D eigenvalue weighted by Gasteiger charge is 2.12. The van der Waals surface area contributed by atoms with Crippen molar-refractivity contribution in [1.29, 1.82) is 0 Å². The van der Waals surface area contributed by atoms with E-state index in [0.29, 0.717) is 11.1 Å². The van der Waals surface area contributed by atoms with Crippen molar-refractivity contribution in [1.82, 2.24) is 0 Å². The van der Waals surface area contributed by atoms with Crippen LogP contribution in [0.1, 0.15) is 28.4 Å². The maximum atomic E-state index is 13.5. The van der Waals surface area contributed by atoms with E-state index in [1.165, 1.54) is 6.07 Å². The van der Waals surface area contributed by atoms with E-state index in [0.717, 1.165) is 15.6 Å². The first-order valence-corrected chi connectivity index (χ1v) is 6.48. The molecule has 2 aromatic carbocycles. The lowest BCUT2D eigenvalue weighted by Gasteiger charge is -2.13. The zero-order valence-corrected chi connectivity index (χ0v) is 11.8. The largest absolute Gasteiger partial charge is 0.384 e. The number of aryl methyl sites for hydroxylation is 2. The van der Waals surface area contributed by atoms with Crippen LogP contribution in [0.15, 0.2) is 40.9 Å². The Balaban J connectivity index is 2.37. The minimum Gasteiger partial charge on any atom is -0.384 e. The van der Waals surface area contributed by atoms with E-state index >= 15 is 0 Å². The molecule has 1 N–H and O–H groups in total. The summed E-state index contributed by atoms with van der Waals surface area (Å²) in [7, 11) is 0. The second kappa shape index (κ2) is 5.21. The first-order valence-electron chi connectivity index (χ1n) is 5.69. The molecule has 3 heteroatoms. The minimum atomic E-state index is -0.799. The van der Waals surface area contributed by atoms with E-state index < -0.39 is 6.10 Å². The highest BCUT2D eigenvalue weighted by molar-refractivity contribution is 9.10. The van der Waals surface area contributed by atoms with Gasteiger partial charge in [-0.15, -0.1) is 0 Å². The fourth-order valence-corrected chi connectivity index (χ4v) is 2.06. The van der Waals surface area contributed by atoms with E-state index in [4.69, 9.17) is 0 Å². The van der Waals surface area contributed by atoms with Gasteiger partial charge in [-0.3, -0.25) is 0 Å². The Labute approximate surface area is 114 Å². The van der Waals surface area contributed by atoms with Crippen LogP contribution < -0.4 is 0 Å². The van der Waals surface area contributed by atoms with Crippen LogP contribution in [0.4, 0.5) is 4.39 Å². The van der Waals surface area contributed by atoms with Gasteiger partial charge in [0.15, 0.2) is 0 Å². The molecule has 0 aliphatic rings. The van der Waals surface area contributed by atoms with Crippen molar-refractivity contribution in [3.05, 3.63) is 68.9 Å². The molecule has 0 radical (unpaired) electrons. The van der Waals surface area contributed by atoms with Gasteiger partial charge < -0.3 is 5.11 Å². The Hall–Kier alpha value is -1.19. The molecule has 0 heterocycles. The molecule has 0 amide bonds. The van der Waals surface area contributed by atoms with Gasteiger partial charge in [0.1, 0.15) is 11.9 Å². The maximum Gasteiger partial charge on any atom is 0.126 e. The molecule has 94 valence electrons. The third-order valence-corrected chi connectivity index (χ3v) is 3.90. The van der Waals surface area contributed by atoms with Gasteiger partial charge in [-0.05, 0) is 48.2 Å². The second-order valence-corrected chi connectivity index (χ2v) is 5.27. The summed E-state index contributed by atoms with van der Waals surface area (Å²) >= 11 is 3.41. The van der Waals surface area contributed by atoms with Gasteiger partial charge in [-0.2, -0.15) is 0 Å². The summed E-state index contributed by atoms with van der Waals surface area (Å²) in [5.41, 5.74) is 2.95. The molecule has 0 fully saturated rings. The molecule has 0 saturated heterocycles. The van der Waals surface area contributed by atoms with Crippen molar-refractivity contribution in [3.8, 4) is 0 Å². The van der Waals surface area contributed by atoms with Crippen molar-refractivity contribution in [2.24, 2.45) is 0 Å². The van der Waals surface area contributed by atoms with Gasteiger partial charge in [-0.1, -0.05) is 40.2 Å². The van der Waals surface area contributed by atoms with Crippen molar-refractivity contribution in [2.75, 3.05) is 0 Å². The van der Waals surface area contributed by atoms with Crippen LogP contribution in [0, 0.1) is 19.7 Å². The highest BCUT2D eigenvalue weighted by Crippen LogP contribution is 2.26. The standard InChI is InChI=1S/C15H14BrFO/c1-9-3-4-12(8-14(9)17)15(18)11-5-6-13(16)10(2)7-11/h3-8,15,18H,1-2H3. The number of rotatable bonds is 2. The number of hydrogen-bond donors (Lipinski definition) is 1. The van der Waals surface area contributed by atoms with E-state index in [2.05, 4.69) is 15.9 Å². The molecule has 0 saturated carbocycles. The van der Waals surface area contributed by atoms with Crippen LogP contribution in [0.25, 0.3) is 0 Å². The van der Waals surface area contributed by atoms with Crippen molar-refractivity contribution < 1.29 is 9.50 Å². The third-order valence-electron chi connectivity index (χ3n) is 3.01. The fraction of sp³-hybridized carbons (Fsp3) is 0.200. The maximum absolute atomic E-state index is 13.5. The van der Waals surface area contributed by atoms with Gasteiger partial charge in [-0.25, -0.2) is 4.39 Å². The van der Waals surface area contributed by atoms with Crippen LogP contribution in [0.5, 0.6) is 0 Å². The van der Waals surface area contributed by atoms with Gasteiger partial charge in [0, 0.05) is 4.47 Å². The molecule has 0 aliphatic carbocycles. The highest BCUT2D eigenvalue weighted by atomic mass is 79.9. The second-order valence-electron chi connectivity index (χ2n) is 4.42. The van der Waals surface area contributed by atoms with Crippen LogP contribution in [0.2, 0.25) is 0 Å². The summed E-state index contributed by atoms with van der Waals surface area (Å²) < 4.78 is 14.5. The zero-order valence-electron chi connectivity index (χ0n) is 10.2. The number of aliphatic hydroxyl groups excluding tert-OH is 1.